The highest BCUT2D eigenvalue weighted by Gasteiger charge is 2.17. The Labute approximate surface area is 171 Å². The Morgan fingerprint density at radius 1 is 1.03 bits per heavy atom. The normalized spacial score (nSPS) is 11.4. The Morgan fingerprint density at radius 3 is 2.48 bits per heavy atom. The molecule has 7 heteroatoms. The molecule has 3 aromatic rings. The monoisotopic (exact) mass is 412 g/mol. The molecule has 0 saturated carbocycles. The summed E-state index contributed by atoms with van der Waals surface area (Å²) in [6.45, 7) is 2.40. The van der Waals surface area contributed by atoms with Crippen LogP contribution in [0.15, 0.2) is 65.6 Å². The average molecular weight is 413 g/mol. The Bertz CT molecular complexity index is 1140. The van der Waals surface area contributed by atoms with Gasteiger partial charge in [-0.3, -0.25) is 4.79 Å². The van der Waals surface area contributed by atoms with E-state index >= 15 is 0 Å². The zero-order valence-corrected chi connectivity index (χ0v) is 17.5. The Balaban J connectivity index is 1.79. The number of sulfonamides is 1. The van der Waals surface area contributed by atoms with Crippen LogP contribution in [0.4, 0.5) is 0 Å². The molecule has 29 heavy (non-hydrogen) atoms. The standard InChI is InChI=1S/C22H24N2O4S/c1-4-23-29(26,27)21-7-5-6-19(14-21)22(25)24(2)15-16-8-9-18-13-20(28-3)11-10-17(18)12-16/h5-14,23H,4,15H2,1-3H3. The molecule has 1 amide bonds. The van der Waals surface area contributed by atoms with Gasteiger partial charge in [0.2, 0.25) is 10.0 Å². The van der Waals surface area contributed by atoms with Gasteiger partial charge in [0.1, 0.15) is 5.75 Å². The third kappa shape index (κ3) is 4.75. The third-order valence-electron chi connectivity index (χ3n) is 4.60. The molecule has 0 bridgehead atoms. The Kier molecular flexibility index (Phi) is 6.20. The Hall–Kier alpha value is -2.90. The number of hydrogen-bond donors (Lipinski definition) is 1. The van der Waals surface area contributed by atoms with E-state index in [-0.39, 0.29) is 17.3 Å². The molecule has 0 saturated heterocycles. The van der Waals surface area contributed by atoms with E-state index in [1.54, 1.807) is 38.1 Å². The van der Waals surface area contributed by atoms with E-state index in [4.69, 9.17) is 4.74 Å². The van der Waals surface area contributed by atoms with Crippen LogP contribution in [-0.4, -0.2) is 39.9 Å². The largest absolute Gasteiger partial charge is 0.497 e. The molecule has 152 valence electrons. The molecule has 0 aromatic heterocycles. The molecule has 0 spiro atoms. The number of carbonyl (C=O) groups is 1. The van der Waals surface area contributed by atoms with Crippen LogP contribution in [0.3, 0.4) is 0 Å². The van der Waals surface area contributed by atoms with Crippen LogP contribution in [0, 0.1) is 0 Å². The summed E-state index contributed by atoms with van der Waals surface area (Å²) >= 11 is 0. The molecule has 6 nitrogen and oxygen atoms in total. The number of amides is 1. The predicted molar refractivity (Wildman–Crippen MR) is 114 cm³/mol. The molecule has 0 aliphatic rings. The number of benzene rings is 3. The maximum atomic E-state index is 12.8. The highest BCUT2D eigenvalue weighted by Crippen LogP contribution is 2.22. The first-order valence-electron chi connectivity index (χ1n) is 9.26. The zero-order valence-electron chi connectivity index (χ0n) is 16.7. The van der Waals surface area contributed by atoms with Gasteiger partial charge >= 0.3 is 0 Å². The molecule has 1 N–H and O–H groups in total. The molecule has 0 aliphatic heterocycles. The van der Waals surface area contributed by atoms with Crippen molar-refractivity contribution in [3.05, 3.63) is 71.8 Å². The van der Waals surface area contributed by atoms with Crippen LogP contribution >= 0.6 is 0 Å². The minimum atomic E-state index is -3.61. The highest BCUT2D eigenvalue weighted by molar-refractivity contribution is 7.89. The van der Waals surface area contributed by atoms with E-state index in [0.717, 1.165) is 22.1 Å². The number of fused-ring (bicyclic) bond motifs is 1. The van der Waals surface area contributed by atoms with Gasteiger partial charge in [-0.15, -0.1) is 0 Å². The molecule has 0 aliphatic carbocycles. The van der Waals surface area contributed by atoms with E-state index < -0.39 is 10.0 Å². The van der Waals surface area contributed by atoms with Crippen molar-refractivity contribution in [3.8, 4) is 5.75 Å². The summed E-state index contributed by atoms with van der Waals surface area (Å²) < 4.78 is 32.1. The van der Waals surface area contributed by atoms with E-state index in [1.807, 2.05) is 36.4 Å². The van der Waals surface area contributed by atoms with Crippen LogP contribution in [0.5, 0.6) is 5.75 Å². The fourth-order valence-electron chi connectivity index (χ4n) is 3.13. The lowest BCUT2D eigenvalue weighted by Crippen LogP contribution is -2.27. The zero-order chi connectivity index (χ0) is 21.0. The van der Waals surface area contributed by atoms with Gasteiger partial charge in [-0.1, -0.05) is 31.2 Å². The van der Waals surface area contributed by atoms with Gasteiger partial charge in [-0.2, -0.15) is 0 Å². The fraction of sp³-hybridized carbons (Fsp3) is 0.227. The second-order valence-electron chi connectivity index (χ2n) is 6.74. The van der Waals surface area contributed by atoms with Crippen molar-refractivity contribution >= 4 is 26.7 Å². The lowest BCUT2D eigenvalue weighted by atomic mass is 10.1. The van der Waals surface area contributed by atoms with Crippen LogP contribution < -0.4 is 9.46 Å². The summed E-state index contributed by atoms with van der Waals surface area (Å²) in [4.78, 5) is 14.5. The fourth-order valence-corrected chi connectivity index (χ4v) is 4.22. The third-order valence-corrected chi connectivity index (χ3v) is 6.15. The van der Waals surface area contributed by atoms with Crippen molar-refractivity contribution in [2.24, 2.45) is 0 Å². The van der Waals surface area contributed by atoms with Crippen LogP contribution in [-0.2, 0) is 16.6 Å². The van der Waals surface area contributed by atoms with Crippen LogP contribution in [0.1, 0.15) is 22.8 Å². The van der Waals surface area contributed by atoms with Crippen LogP contribution in [0.2, 0.25) is 0 Å². The molecule has 0 radical (unpaired) electrons. The molecule has 3 aromatic carbocycles. The second-order valence-corrected chi connectivity index (χ2v) is 8.50. The minimum Gasteiger partial charge on any atom is -0.497 e. The van der Waals surface area contributed by atoms with Crippen molar-refractivity contribution < 1.29 is 17.9 Å². The SMILES string of the molecule is CCNS(=O)(=O)c1cccc(C(=O)N(C)Cc2ccc3cc(OC)ccc3c2)c1. The van der Waals surface area contributed by atoms with Crippen molar-refractivity contribution in [2.45, 2.75) is 18.4 Å². The van der Waals surface area contributed by atoms with E-state index in [2.05, 4.69) is 4.72 Å². The predicted octanol–water partition coefficient (Wildman–Crippen LogP) is 3.42. The van der Waals surface area contributed by atoms with E-state index in [0.29, 0.717) is 12.1 Å². The summed E-state index contributed by atoms with van der Waals surface area (Å²) in [7, 11) is -0.278. The summed E-state index contributed by atoms with van der Waals surface area (Å²) in [5.74, 6) is 0.554. The molecular formula is C22H24N2O4S. The van der Waals surface area contributed by atoms with Gasteiger partial charge in [0.05, 0.1) is 12.0 Å². The first kappa shape index (κ1) is 20.8. The molecule has 3 rings (SSSR count). The van der Waals surface area contributed by atoms with E-state index in [9.17, 15) is 13.2 Å². The number of nitrogens with one attached hydrogen (secondary N) is 1. The van der Waals surface area contributed by atoms with Gasteiger partial charge < -0.3 is 9.64 Å². The number of nitrogens with zero attached hydrogens (tertiary/aromatic N) is 1. The van der Waals surface area contributed by atoms with Gasteiger partial charge in [-0.25, -0.2) is 13.1 Å². The molecule has 0 heterocycles. The highest BCUT2D eigenvalue weighted by atomic mass is 32.2. The number of rotatable bonds is 7. The smallest absolute Gasteiger partial charge is 0.253 e. The molecule has 0 fully saturated rings. The van der Waals surface area contributed by atoms with Gasteiger partial charge in [0, 0.05) is 25.7 Å². The quantitative estimate of drug-likeness (QED) is 0.645. The molecule has 0 atom stereocenters. The first-order valence-corrected chi connectivity index (χ1v) is 10.7. The van der Waals surface area contributed by atoms with Crippen molar-refractivity contribution in [1.29, 1.82) is 0 Å². The van der Waals surface area contributed by atoms with E-state index in [1.165, 1.54) is 12.1 Å². The lowest BCUT2D eigenvalue weighted by molar-refractivity contribution is 0.0785. The van der Waals surface area contributed by atoms with Gasteiger partial charge in [-0.05, 0) is 52.7 Å². The molecular weight excluding hydrogens is 388 g/mol. The van der Waals surface area contributed by atoms with Gasteiger partial charge in [0.15, 0.2) is 0 Å². The summed E-state index contributed by atoms with van der Waals surface area (Å²) in [6, 6.07) is 17.9. The Morgan fingerprint density at radius 2 is 1.76 bits per heavy atom. The second kappa shape index (κ2) is 8.63. The minimum absolute atomic E-state index is 0.0817. The maximum Gasteiger partial charge on any atom is 0.253 e. The van der Waals surface area contributed by atoms with Crippen LogP contribution in [0.25, 0.3) is 10.8 Å². The number of ether oxygens (including phenoxy) is 1. The summed E-state index contributed by atoms with van der Waals surface area (Å²) in [6.07, 6.45) is 0. The number of carbonyl (C=O) groups excluding carboxylic acids is 1. The van der Waals surface area contributed by atoms with Gasteiger partial charge in [0.25, 0.3) is 5.91 Å². The maximum absolute atomic E-state index is 12.8. The average Bonchev–Trinajstić information content (AvgIpc) is 2.72. The number of methoxy groups -OCH3 is 1. The number of hydrogen-bond acceptors (Lipinski definition) is 4. The van der Waals surface area contributed by atoms with Crippen molar-refractivity contribution in [2.75, 3.05) is 20.7 Å². The lowest BCUT2D eigenvalue weighted by Gasteiger charge is -2.18. The first-order chi connectivity index (χ1) is 13.8. The van der Waals surface area contributed by atoms with Crippen molar-refractivity contribution in [3.63, 3.8) is 0 Å². The topological polar surface area (TPSA) is 75.7 Å². The van der Waals surface area contributed by atoms with Crippen molar-refractivity contribution in [1.82, 2.24) is 9.62 Å². The molecule has 0 unspecified atom stereocenters. The summed E-state index contributed by atoms with van der Waals surface area (Å²) in [5.41, 5.74) is 1.31. The summed E-state index contributed by atoms with van der Waals surface area (Å²) in [5, 5.41) is 2.12.